The first-order chi connectivity index (χ1) is 9.81. The number of carboxylic acid groups (broad SMARTS) is 1. The van der Waals surface area contributed by atoms with E-state index in [1.54, 1.807) is 0 Å². The molecule has 1 aliphatic carbocycles. The first-order valence-corrected chi connectivity index (χ1v) is 9.42. The first-order valence-electron chi connectivity index (χ1n) is 7.77. The number of nitrogens with zero attached hydrogens (tertiary/aromatic N) is 1. The van der Waals surface area contributed by atoms with E-state index in [1.165, 1.54) is 0 Å². The number of nitrogens with one attached hydrogen (secondary N) is 1. The van der Waals surface area contributed by atoms with Crippen LogP contribution in [-0.2, 0) is 14.8 Å². The number of aliphatic carboxylic acids is 1. The van der Waals surface area contributed by atoms with Crippen molar-refractivity contribution in [1.29, 1.82) is 0 Å². The van der Waals surface area contributed by atoms with Crippen molar-refractivity contribution in [2.45, 2.75) is 58.5 Å². The Morgan fingerprint density at radius 3 is 2.29 bits per heavy atom. The van der Waals surface area contributed by atoms with E-state index in [1.807, 2.05) is 25.7 Å². The fourth-order valence-corrected chi connectivity index (χ4v) is 4.68. The standard InChI is InChI=1S/C14H28N2O4S/c1-4-11(5-2)10-21(19,20)15-12-7-13(8-12)16(6-3)9-14(17)18/h11-13,15H,4-10H2,1-3H3,(H,17,18). The lowest BCUT2D eigenvalue weighted by molar-refractivity contribution is -0.139. The van der Waals surface area contributed by atoms with Crippen molar-refractivity contribution < 1.29 is 18.3 Å². The van der Waals surface area contributed by atoms with Crippen LogP contribution in [0.1, 0.15) is 46.5 Å². The SMILES string of the molecule is CCC(CC)CS(=O)(=O)NC1CC(N(CC)CC(=O)O)C1. The van der Waals surface area contributed by atoms with Gasteiger partial charge >= 0.3 is 5.97 Å². The van der Waals surface area contributed by atoms with Crippen LogP contribution in [0.15, 0.2) is 0 Å². The summed E-state index contributed by atoms with van der Waals surface area (Å²) in [5.41, 5.74) is 0. The molecular formula is C14H28N2O4S. The zero-order valence-electron chi connectivity index (χ0n) is 13.2. The van der Waals surface area contributed by atoms with Gasteiger partial charge in [0.05, 0.1) is 12.3 Å². The van der Waals surface area contributed by atoms with Crippen LogP contribution in [-0.4, -0.2) is 55.3 Å². The van der Waals surface area contributed by atoms with Crippen LogP contribution in [0.4, 0.5) is 0 Å². The van der Waals surface area contributed by atoms with Crippen LogP contribution < -0.4 is 4.72 Å². The van der Waals surface area contributed by atoms with E-state index < -0.39 is 16.0 Å². The normalized spacial score (nSPS) is 22.5. The van der Waals surface area contributed by atoms with E-state index >= 15 is 0 Å². The number of hydrogen-bond acceptors (Lipinski definition) is 4. The summed E-state index contributed by atoms with van der Waals surface area (Å²) in [6.07, 6.45) is 3.13. The Kier molecular flexibility index (Phi) is 7.09. The van der Waals surface area contributed by atoms with Crippen LogP contribution in [0.3, 0.4) is 0 Å². The Morgan fingerprint density at radius 1 is 1.29 bits per heavy atom. The number of carboxylic acids is 1. The van der Waals surface area contributed by atoms with Gasteiger partial charge < -0.3 is 5.11 Å². The van der Waals surface area contributed by atoms with Crippen LogP contribution in [0.5, 0.6) is 0 Å². The fourth-order valence-electron chi connectivity index (χ4n) is 2.79. The van der Waals surface area contributed by atoms with Crippen molar-refractivity contribution >= 4 is 16.0 Å². The van der Waals surface area contributed by atoms with E-state index in [0.29, 0.717) is 19.4 Å². The Hall–Kier alpha value is -0.660. The quantitative estimate of drug-likeness (QED) is 0.633. The van der Waals surface area contributed by atoms with Crippen LogP contribution in [0.25, 0.3) is 0 Å². The fraction of sp³-hybridized carbons (Fsp3) is 0.929. The highest BCUT2D eigenvalue weighted by Gasteiger charge is 2.36. The van der Waals surface area contributed by atoms with Crippen molar-refractivity contribution in [1.82, 2.24) is 9.62 Å². The van der Waals surface area contributed by atoms with Crippen molar-refractivity contribution in [3.05, 3.63) is 0 Å². The molecule has 0 saturated heterocycles. The molecule has 124 valence electrons. The summed E-state index contributed by atoms with van der Waals surface area (Å²) >= 11 is 0. The average molecular weight is 320 g/mol. The lowest BCUT2D eigenvalue weighted by Crippen LogP contribution is -2.55. The van der Waals surface area contributed by atoms with Gasteiger partial charge in [0, 0.05) is 12.1 Å². The van der Waals surface area contributed by atoms with Gasteiger partial charge in [-0.1, -0.05) is 33.6 Å². The number of likely N-dealkylation sites (N-methyl/N-ethyl adjacent to an activating group) is 1. The smallest absolute Gasteiger partial charge is 0.317 e. The van der Waals surface area contributed by atoms with Crippen molar-refractivity contribution in [2.24, 2.45) is 5.92 Å². The largest absolute Gasteiger partial charge is 0.480 e. The molecule has 1 fully saturated rings. The van der Waals surface area contributed by atoms with E-state index in [2.05, 4.69) is 4.72 Å². The van der Waals surface area contributed by atoms with Gasteiger partial charge in [0.25, 0.3) is 0 Å². The second-order valence-electron chi connectivity index (χ2n) is 5.86. The molecule has 6 nitrogen and oxygen atoms in total. The predicted octanol–water partition coefficient (Wildman–Crippen LogP) is 1.28. The predicted molar refractivity (Wildman–Crippen MR) is 82.7 cm³/mol. The zero-order chi connectivity index (χ0) is 16.0. The van der Waals surface area contributed by atoms with Crippen LogP contribution in [0.2, 0.25) is 0 Å². The Balaban J connectivity index is 2.41. The highest BCUT2D eigenvalue weighted by atomic mass is 32.2. The van der Waals surface area contributed by atoms with E-state index in [-0.39, 0.29) is 30.3 Å². The minimum Gasteiger partial charge on any atom is -0.480 e. The Morgan fingerprint density at radius 2 is 1.86 bits per heavy atom. The molecule has 0 aromatic rings. The molecule has 0 unspecified atom stereocenters. The molecule has 0 spiro atoms. The molecule has 0 aromatic carbocycles. The Bertz CT molecular complexity index is 428. The van der Waals surface area contributed by atoms with Crippen LogP contribution >= 0.6 is 0 Å². The maximum absolute atomic E-state index is 12.1. The van der Waals surface area contributed by atoms with E-state index in [9.17, 15) is 13.2 Å². The minimum absolute atomic E-state index is 0.0222. The van der Waals surface area contributed by atoms with Crippen LogP contribution in [0, 0.1) is 5.92 Å². The number of hydrogen-bond donors (Lipinski definition) is 2. The summed E-state index contributed by atoms with van der Waals surface area (Å²) in [6, 6.07) is 0.129. The van der Waals surface area contributed by atoms with Gasteiger partial charge in [0.2, 0.25) is 10.0 Å². The van der Waals surface area contributed by atoms with Gasteiger partial charge in [-0.3, -0.25) is 9.69 Å². The van der Waals surface area contributed by atoms with E-state index in [4.69, 9.17) is 5.11 Å². The molecular weight excluding hydrogens is 292 g/mol. The molecule has 7 heteroatoms. The molecule has 1 rings (SSSR count). The highest BCUT2D eigenvalue weighted by Crippen LogP contribution is 2.26. The second kappa shape index (κ2) is 8.10. The molecule has 0 bridgehead atoms. The van der Waals surface area contributed by atoms with Gasteiger partial charge in [-0.2, -0.15) is 0 Å². The van der Waals surface area contributed by atoms with Crippen molar-refractivity contribution in [3.8, 4) is 0 Å². The van der Waals surface area contributed by atoms with Gasteiger partial charge in [0.1, 0.15) is 0 Å². The number of carbonyl (C=O) groups is 1. The van der Waals surface area contributed by atoms with Crippen molar-refractivity contribution in [3.63, 3.8) is 0 Å². The average Bonchev–Trinajstić information content (AvgIpc) is 2.37. The summed E-state index contributed by atoms with van der Waals surface area (Å²) in [4.78, 5) is 12.6. The Labute approximate surface area is 128 Å². The summed E-state index contributed by atoms with van der Waals surface area (Å²) in [5, 5.41) is 8.84. The molecule has 0 aromatic heterocycles. The number of sulfonamides is 1. The third-order valence-corrected chi connectivity index (χ3v) is 5.93. The molecule has 0 atom stereocenters. The summed E-state index contributed by atoms with van der Waals surface area (Å²) in [5.74, 6) is -0.444. The maximum Gasteiger partial charge on any atom is 0.317 e. The molecule has 21 heavy (non-hydrogen) atoms. The minimum atomic E-state index is -3.23. The summed E-state index contributed by atoms with van der Waals surface area (Å²) in [6.45, 7) is 6.63. The summed E-state index contributed by atoms with van der Waals surface area (Å²) in [7, 11) is -3.23. The van der Waals surface area contributed by atoms with Crippen molar-refractivity contribution in [2.75, 3.05) is 18.8 Å². The molecule has 0 heterocycles. The number of rotatable bonds is 10. The lowest BCUT2D eigenvalue weighted by atomic mass is 9.86. The maximum atomic E-state index is 12.1. The monoisotopic (exact) mass is 320 g/mol. The molecule has 1 saturated carbocycles. The van der Waals surface area contributed by atoms with Gasteiger partial charge in [-0.15, -0.1) is 0 Å². The summed E-state index contributed by atoms with van der Waals surface area (Å²) < 4.78 is 26.9. The molecule has 0 aliphatic heterocycles. The highest BCUT2D eigenvalue weighted by molar-refractivity contribution is 7.89. The van der Waals surface area contributed by atoms with Gasteiger partial charge in [-0.25, -0.2) is 13.1 Å². The lowest BCUT2D eigenvalue weighted by Gasteiger charge is -2.42. The topological polar surface area (TPSA) is 86.7 Å². The second-order valence-corrected chi connectivity index (χ2v) is 7.66. The molecule has 2 N–H and O–H groups in total. The third kappa shape index (κ3) is 5.92. The third-order valence-electron chi connectivity index (χ3n) is 4.33. The van der Waals surface area contributed by atoms with E-state index in [0.717, 1.165) is 12.8 Å². The zero-order valence-corrected chi connectivity index (χ0v) is 14.0. The first kappa shape index (κ1) is 18.4. The van der Waals surface area contributed by atoms with Gasteiger partial charge in [0.15, 0.2) is 0 Å². The molecule has 0 amide bonds. The van der Waals surface area contributed by atoms with Gasteiger partial charge in [-0.05, 0) is 25.3 Å². The molecule has 0 radical (unpaired) electrons. The molecule has 1 aliphatic rings.